The molecule has 0 aromatic heterocycles. The van der Waals surface area contributed by atoms with E-state index in [1.165, 1.54) is 12.4 Å². The minimum atomic E-state index is -5.56. The topological polar surface area (TPSA) is 59.0 Å². The molecule has 0 radical (unpaired) electrons. The van der Waals surface area contributed by atoms with Crippen molar-refractivity contribution in [3.8, 4) is 5.75 Å². The Hall–Kier alpha value is -1.55. The molecule has 0 atom stereocenters. The van der Waals surface area contributed by atoms with E-state index in [2.05, 4.69) is 24.6 Å². The van der Waals surface area contributed by atoms with Crippen LogP contribution in [0.2, 0.25) is 25.7 Å². The molecule has 0 spiro atoms. The highest BCUT2D eigenvalue weighted by Gasteiger charge is 2.48. The second-order valence-electron chi connectivity index (χ2n) is 7.87. The molecule has 10 heteroatoms. The minimum absolute atomic E-state index is 0.151. The SMILES string of the molecule is CCN(C)C=Nc1cc(S(=O)(=O)C(F)(F)F)c(OCCC[Si](C)(C)C)cc1C. The first-order chi connectivity index (χ1) is 12.7. The van der Waals surface area contributed by atoms with Crippen molar-refractivity contribution in [1.29, 1.82) is 0 Å². The van der Waals surface area contributed by atoms with E-state index in [1.807, 2.05) is 6.92 Å². The van der Waals surface area contributed by atoms with Crippen LogP contribution in [0.3, 0.4) is 0 Å². The number of nitrogens with zero attached hydrogens (tertiary/aromatic N) is 2. The van der Waals surface area contributed by atoms with Gasteiger partial charge in [-0.1, -0.05) is 25.7 Å². The molecule has 0 aliphatic rings. The quantitative estimate of drug-likeness (QED) is 0.235. The Kier molecular flexibility index (Phi) is 8.13. The molecule has 1 aromatic carbocycles. The first-order valence-electron chi connectivity index (χ1n) is 9.02. The Balaban J connectivity index is 3.30. The lowest BCUT2D eigenvalue weighted by Crippen LogP contribution is -2.24. The summed E-state index contributed by atoms with van der Waals surface area (Å²) in [7, 11) is -5.13. The zero-order chi connectivity index (χ0) is 21.8. The Labute approximate surface area is 166 Å². The van der Waals surface area contributed by atoms with Gasteiger partial charge >= 0.3 is 5.51 Å². The Morgan fingerprint density at radius 3 is 2.36 bits per heavy atom. The van der Waals surface area contributed by atoms with Crippen LogP contribution in [-0.2, 0) is 9.84 Å². The predicted octanol–water partition coefficient (Wildman–Crippen LogP) is 5.01. The largest absolute Gasteiger partial charge is 0.502 e. The maximum atomic E-state index is 13.2. The van der Waals surface area contributed by atoms with Gasteiger partial charge in [0.05, 0.1) is 18.6 Å². The molecule has 0 aliphatic carbocycles. The number of rotatable bonds is 9. The van der Waals surface area contributed by atoms with E-state index >= 15 is 0 Å². The summed E-state index contributed by atoms with van der Waals surface area (Å²) in [5.74, 6) is -0.284. The summed E-state index contributed by atoms with van der Waals surface area (Å²) in [6, 6.07) is 3.18. The smallest absolute Gasteiger partial charge is 0.492 e. The number of alkyl halides is 3. The van der Waals surface area contributed by atoms with Crippen LogP contribution in [0, 0.1) is 6.92 Å². The maximum absolute atomic E-state index is 13.2. The van der Waals surface area contributed by atoms with E-state index < -0.39 is 28.3 Å². The Bertz CT molecular complexity index is 804. The Morgan fingerprint density at radius 1 is 1.25 bits per heavy atom. The average molecular weight is 439 g/mol. The summed E-state index contributed by atoms with van der Waals surface area (Å²) in [4.78, 5) is 4.94. The first kappa shape index (κ1) is 24.5. The standard InChI is InChI=1S/C18H29F3N2O3SSi/c1-7-23(3)13-22-15-12-17(27(24,25)18(19,20)21)16(11-14(15)2)26-9-8-10-28(4,5)6/h11-13H,7-10H2,1-6H3. The van der Waals surface area contributed by atoms with Crippen molar-refractivity contribution >= 4 is 29.9 Å². The van der Waals surface area contributed by atoms with E-state index in [0.717, 1.165) is 12.1 Å². The summed E-state index contributed by atoms with van der Waals surface area (Å²) < 4.78 is 69.1. The average Bonchev–Trinajstić information content (AvgIpc) is 2.55. The molecule has 0 heterocycles. The van der Waals surface area contributed by atoms with Gasteiger partial charge in [0.15, 0.2) is 0 Å². The van der Waals surface area contributed by atoms with Crippen LogP contribution in [-0.4, -0.2) is 53.4 Å². The zero-order valence-corrected chi connectivity index (χ0v) is 19.0. The fraction of sp³-hybridized carbons (Fsp3) is 0.611. The number of aryl methyl sites for hydroxylation is 1. The molecule has 0 bridgehead atoms. The second kappa shape index (κ2) is 9.30. The van der Waals surface area contributed by atoms with Gasteiger partial charge in [0.2, 0.25) is 0 Å². The van der Waals surface area contributed by atoms with Crippen LogP contribution >= 0.6 is 0 Å². The maximum Gasteiger partial charge on any atom is 0.502 e. The highest BCUT2D eigenvalue weighted by Crippen LogP contribution is 2.39. The molecule has 0 amide bonds. The van der Waals surface area contributed by atoms with Crippen LogP contribution < -0.4 is 4.74 Å². The Morgan fingerprint density at radius 2 is 1.86 bits per heavy atom. The summed E-state index contributed by atoms with van der Waals surface area (Å²) in [6.45, 7) is 10.9. The molecule has 0 saturated heterocycles. The van der Waals surface area contributed by atoms with Crippen molar-refractivity contribution in [2.24, 2.45) is 4.99 Å². The molecule has 0 saturated carbocycles. The van der Waals surface area contributed by atoms with E-state index in [0.29, 0.717) is 18.5 Å². The van der Waals surface area contributed by atoms with Gasteiger partial charge in [-0.3, -0.25) is 0 Å². The van der Waals surface area contributed by atoms with Crippen molar-refractivity contribution in [3.05, 3.63) is 17.7 Å². The van der Waals surface area contributed by atoms with Crippen LogP contribution in [0.1, 0.15) is 18.9 Å². The van der Waals surface area contributed by atoms with Crippen LogP contribution in [0.4, 0.5) is 18.9 Å². The molecular formula is C18H29F3N2O3SSi. The van der Waals surface area contributed by atoms with E-state index in [9.17, 15) is 21.6 Å². The molecule has 0 unspecified atom stereocenters. The molecule has 0 fully saturated rings. The van der Waals surface area contributed by atoms with E-state index in [4.69, 9.17) is 4.74 Å². The summed E-state index contributed by atoms with van der Waals surface area (Å²) in [5, 5.41) is 0. The van der Waals surface area contributed by atoms with Crippen molar-refractivity contribution < 1.29 is 26.3 Å². The fourth-order valence-electron chi connectivity index (χ4n) is 2.26. The van der Waals surface area contributed by atoms with Gasteiger partial charge < -0.3 is 9.64 Å². The van der Waals surface area contributed by atoms with Crippen molar-refractivity contribution in [2.45, 2.75) is 56.4 Å². The van der Waals surface area contributed by atoms with Gasteiger partial charge in [0, 0.05) is 21.7 Å². The van der Waals surface area contributed by atoms with Crippen LogP contribution in [0.5, 0.6) is 5.75 Å². The van der Waals surface area contributed by atoms with Crippen molar-refractivity contribution in [1.82, 2.24) is 4.90 Å². The lowest BCUT2D eigenvalue weighted by Gasteiger charge is -2.18. The van der Waals surface area contributed by atoms with Crippen molar-refractivity contribution in [3.63, 3.8) is 0 Å². The third-order valence-electron chi connectivity index (χ3n) is 4.08. The number of ether oxygens (including phenoxy) is 1. The van der Waals surface area contributed by atoms with E-state index in [1.54, 1.807) is 18.9 Å². The van der Waals surface area contributed by atoms with Crippen molar-refractivity contribution in [2.75, 3.05) is 20.2 Å². The number of aliphatic imine (C=N–C) groups is 1. The molecule has 5 nitrogen and oxygen atoms in total. The number of halogens is 3. The number of sulfone groups is 1. The number of hydrogen-bond donors (Lipinski definition) is 0. The molecular weight excluding hydrogens is 409 g/mol. The monoisotopic (exact) mass is 438 g/mol. The van der Waals surface area contributed by atoms with Gasteiger partial charge in [0.25, 0.3) is 9.84 Å². The van der Waals surface area contributed by atoms with Gasteiger partial charge in [-0.2, -0.15) is 13.2 Å². The molecule has 28 heavy (non-hydrogen) atoms. The highest BCUT2D eigenvalue weighted by atomic mass is 32.2. The number of hydrogen-bond acceptors (Lipinski definition) is 4. The summed E-state index contributed by atoms with van der Waals surface area (Å²) in [6.07, 6.45) is 2.10. The van der Waals surface area contributed by atoms with Gasteiger partial charge in [-0.05, 0) is 38.0 Å². The summed E-state index contributed by atoms with van der Waals surface area (Å²) >= 11 is 0. The molecule has 1 rings (SSSR count). The minimum Gasteiger partial charge on any atom is -0.492 e. The molecule has 1 aromatic rings. The zero-order valence-electron chi connectivity index (χ0n) is 17.2. The van der Waals surface area contributed by atoms with Crippen LogP contribution in [0.25, 0.3) is 0 Å². The lowest BCUT2D eigenvalue weighted by atomic mass is 10.2. The van der Waals surface area contributed by atoms with Gasteiger partial charge in [-0.25, -0.2) is 13.4 Å². The van der Waals surface area contributed by atoms with E-state index in [-0.39, 0.29) is 18.0 Å². The second-order valence-corrected chi connectivity index (χ2v) is 15.4. The fourth-order valence-corrected chi connectivity index (χ4v) is 4.37. The molecule has 0 aliphatic heterocycles. The predicted molar refractivity (Wildman–Crippen MR) is 109 cm³/mol. The normalized spacial score (nSPS) is 13.2. The first-order valence-corrected chi connectivity index (χ1v) is 14.2. The number of benzene rings is 1. The highest BCUT2D eigenvalue weighted by molar-refractivity contribution is 7.92. The molecule has 160 valence electrons. The van der Waals surface area contributed by atoms with Crippen LogP contribution in [0.15, 0.2) is 22.0 Å². The lowest BCUT2D eigenvalue weighted by molar-refractivity contribution is -0.0437. The third-order valence-corrected chi connectivity index (χ3v) is 7.44. The molecule has 0 N–H and O–H groups in total. The third kappa shape index (κ3) is 6.80. The van der Waals surface area contributed by atoms with Gasteiger partial charge in [-0.15, -0.1) is 0 Å². The van der Waals surface area contributed by atoms with Gasteiger partial charge in [0.1, 0.15) is 10.6 Å². The summed E-state index contributed by atoms with van der Waals surface area (Å²) in [5.41, 5.74) is -4.74.